The fraction of sp³-hybridized carbons (Fsp3) is 0.667. The number of fused-ring (bicyclic) bond motifs is 1. The second kappa shape index (κ2) is 6.37. The molecule has 1 heterocycles. The molecule has 1 aliphatic heterocycles. The van der Waals surface area contributed by atoms with Crippen molar-refractivity contribution < 1.29 is 4.74 Å². The maximum absolute atomic E-state index is 6.60. The Labute approximate surface area is 128 Å². The zero-order chi connectivity index (χ0) is 14.8. The van der Waals surface area contributed by atoms with E-state index in [1.165, 1.54) is 49.9 Å². The zero-order valence-electron chi connectivity index (χ0n) is 13.3. The van der Waals surface area contributed by atoms with Crippen LogP contribution in [-0.4, -0.2) is 31.1 Å². The monoisotopic (exact) mass is 288 g/mol. The number of ether oxygens (including phenoxy) is 1. The van der Waals surface area contributed by atoms with Crippen LogP contribution in [0, 0.1) is 5.92 Å². The molecule has 3 atom stereocenters. The van der Waals surface area contributed by atoms with Crippen molar-refractivity contribution in [3.8, 4) is 5.75 Å². The van der Waals surface area contributed by atoms with Gasteiger partial charge in [0.15, 0.2) is 0 Å². The maximum atomic E-state index is 6.60. The third-order valence-electron chi connectivity index (χ3n) is 5.32. The van der Waals surface area contributed by atoms with E-state index in [4.69, 9.17) is 10.5 Å². The molecule has 3 nitrogen and oxygen atoms in total. The highest BCUT2D eigenvalue weighted by molar-refractivity contribution is 5.40. The molecule has 1 aliphatic carbocycles. The van der Waals surface area contributed by atoms with Gasteiger partial charge >= 0.3 is 0 Å². The number of aryl methyl sites for hydroxylation is 1. The highest BCUT2D eigenvalue weighted by Gasteiger charge is 2.34. The SMILES string of the molecule is CCCC1CCN(C2CCc3cc(OC)ccc3C2N)C1. The van der Waals surface area contributed by atoms with E-state index in [9.17, 15) is 0 Å². The van der Waals surface area contributed by atoms with Crippen molar-refractivity contribution >= 4 is 0 Å². The number of nitrogens with two attached hydrogens (primary N) is 1. The van der Waals surface area contributed by atoms with Crippen LogP contribution in [0.3, 0.4) is 0 Å². The van der Waals surface area contributed by atoms with Crippen LogP contribution in [0.1, 0.15) is 49.8 Å². The summed E-state index contributed by atoms with van der Waals surface area (Å²) in [5.41, 5.74) is 9.30. The van der Waals surface area contributed by atoms with Gasteiger partial charge in [-0.05, 0) is 61.4 Å². The Bertz CT molecular complexity index is 488. The highest BCUT2D eigenvalue weighted by Crippen LogP contribution is 2.36. The summed E-state index contributed by atoms with van der Waals surface area (Å²) in [7, 11) is 1.73. The van der Waals surface area contributed by atoms with E-state index in [1.54, 1.807) is 7.11 Å². The lowest BCUT2D eigenvalue weighted by molar-refractivity contribution is 0.184. The van der Waals surface area contributed by atoms with Crippen LogP contribution >= 0.6 is 0 Å². The van der Waals surface area contributed by atoms with E-state index in [2.05, 4.69) is 24.0 Å². The van der Waals surface area contributed by atoms with Gasteiger partial charge in [-0.25, -0.2) is 0 Å². The molecule has 0 aromatic heterocycles. The Kier molecular flexibility index (Phi) is 4.51. The van der Waals surface area contributed by atoms with E-state index >= 15 is 0 Å². The van der Waals surface area contributed by atoms with Gasteiger partial charge < -0.3 is 10.5 Å². The first-order chi connectivity index (χ1) is 10.2. The van der Waals surface area contributed by atoms with Crippen LogP contribution in [0.25, 0.3) is 0 Å². The quantitative estimate of drug-likeness (QED) is 0.925. The second-order valence-electron chi connectivity index (χ2n) is 6.63. The largest absolute Gasteiger partial charge is 0.497 e. The normalized spacial score (nSPS) is 29.4. The Morgan fingerprint density at radius 2 is 2.19 bits per heavy atom. The second-order valence-corrected chi connectivity index (χ2v) is 6.63. The molecule has 0 spiro atoms. The van der Waals surface area contributed by atoms with E-state index in [1.807, 2.05) is 6.07 Å². The number of hydrogen-bond donors (Lipinski definition) is 1. The average molecular weight is 288 g/mol. The first kappa shape index (κ1) is 14.9. The fourth-order valence-electron chi connectivity index (χ4n) is 4.16. The van der Waals surface area contributed by atoms with Crippen LogP contribution in [0.4, 0.5) is 0 Å². The minimum absolute atomic E-state index is 0.153. The lowest BCUT2D eigenvalue weighted by atomic mass is 9.83. The molecule has 1 aromatic rings. The molecular formula is C18H28N2O. The first-order valence-electron chi connectivity index (χ1n) is 8.39. The summed E-state index contributed by atoms with van der Waals surface area (Å²) < 4.78 is 5.33. The molecule has 0 saturated carbocycles. The number of hydrogen-bond acceptors (Lipinski definition) is 3. The molecule has 2 aliphatic rings. The average Bonchev–Trinajstić information content (AvgIpc) is 2.96. The van der Waals surface area contributed by atoms with Gasteiger partial charge in [0.05, 0.1) is 7.11 Å². The number of likely N-dealkylation sites (tertiary alicyclic amines) is 1. The molecule has 116 valence electrons. The molecule has 21 heavy (non-hydrogen) atoms. The molecule has 2 N–H and O–H groups in total. The number of nitrogens with zero attached hydrogens (tertiary/aromatic N) is 1. The van der Waals surface area contributed by atoms with Gasteiger partial charge in [0.25, 0.3) is 0 Å². The molecule has 0 radical (unpaired) electrons. The molecule has 3 rings (SSSR count). The molecule has 1 aromatic carbocycles. The molecular weight excluding hydrogens is 260 g/mol. The van der Waals surface area contributed by atoms with E-state index < -0.39 is 0 Å². The van der Waals surface area contributed by atoms with Gasteiger partial charge in [0.2, 0.25) is 0 Å². The first-order valence-corrected chi connectivity index (χ1v) is 8.39. The van der Waals surface area contributed by atoms with Crippen molar-refractivity contribution in [2.24, 2.45) is 11.7 Å². The predicted molar refractivity (Wildman–Crippen MR) is 86.6 cm³/mol. The standard InChI is InChI=1S/C18H28N2O/c1-3-4-13-9-10-20(12-13)17-8-5-14-11-15(21-2)6-7-16(14)18(17)19/h6-7,11,13,17-18H,3-5,8-10,12,19H2,1-2H3. The summed E-state index contributed by atoms with van der Waals surface area (Å²) in [6.45, 7) is 4.77. The van der Waals surface area contributed by atoms with Crippen molar-refractivity contribution in [1.82, 2.24) is 4.90 Å². The van der Waals surface area contributed by atoms with E-state index in [-0.39, 0.29) is 6.04 Å². The summed E-state index contributed by atoms with van der Waals surface area (Å²) in [5.74, 6) is 1.84. The fourth-order valence-corrected chi connectivity index (χ4v) is 4.16. The van der Waals surface area contributed by atoms with Crippen LogP contribution < -0.4 is 10.5 Å². The Balaban J connectivity index is 1.72. The molecule has 0 amide bonds. The third kappa shape index (κ3) is 2.95. The van der Waals surface area contributed by atoms with E-state index in [0.717, 1.165) is 18.1 Å². The smallest absolute Gasteiger partial charge is 0.119 e. The molecule has 3 heteroatoms. The lowest BCUT2D eigenvalue weighted by Crippen LogP contribution is -2.44. The Morgan fingerprint density at radius 3 is 2.95 bits per heavy atom. The van der Waals surface area contributed by atoms with E-state index in [0.29, 0.717) is 6.04 Å². The summed E-state index contributed by atoms with van der Waals surface area (Å²) >= 11 is 0. The summed E-state index contributed by atoms with van der Waals surface area (Å²) in [6, 6.07) is 7.05. The molecule has 1 saturated heterocycles. The zero-order valence-corrected chi connectivity index (χ0v) is 13.3. The van der Waals surface area contributed by atoms with Crippen molar-refractivity contribution in [3.05, 3.63) is 29.3 Å². The summed E-state index contributed by atoms with van der Waals surface area (Å²) in [5, 5.41) is 0. The number of methoxy groups -OCH3 is 1. The third-order valence-corrected chi connectivity index (χ3v) is 5.32. The summed E-state index contributed by atoms with van der Waals surface area (Å²) in [4.78, 5) is 2.65. The summed E-state index contributed by atoms with van der Waals surface area (Å²) in [6.07, 6.45) is 6.33. The van der Waals surface area contributed by atoms with Gasteiger partial charge in [-0.3, -0.25) is 4.90 Å². The van der Waals surface area contributed by atoms with Crippen molar-refractivity contribution in [1.29, 1.82) is 0 Å². The maximum Gasteiger partial charge on any atom is 0.119 e. The van der Waals surface area contributed by atoms with Crippen LogP contribution in [0.2, 0.25) is 0 Å². The Morgan fingerprint density at radius 1 is 1.33 bits per heavy atom. The topological polar surface area (TPSA) is 38.5 Å². The molecule has 0 bridgehead atoms. The van der Waals surface area contributed by atoms with Crippen molar-refractivity contribution in [2.45, 2.75) is 51.1 Å². The number of benzene rings is 1. The number of rotatable bonds is 4. The minimum Gasteiger partial charge on any atom is -0.497 e. The van der Waals surface area contributed by atoms with Gasteiger partial charge in [-0.1, -0.05) is 19.4 Å². The minimum atomic E-state index is 0.153. The highest BCUT2D eigenvalue weighted by atomic mass is 16.5. The van der Waals surface area contributed by atoms with Crippen LogP contribution in [-0.2, 0) is 6.42 Å². The Hall–Kier alpha value is -1.06. The van der Waals surface area contributed by atoms with Gasteiger partial charge in [-0.15, -0.1) is 0 Å². The molecule has 3 unspecified atom stereocenters. The van der Waals surface area contributed by atoms with Gasteiger partial charge in [-0.2, -0.15) is 0 Å². The van der Waals surface area contributed by atoms with Gasteiger partial charge in [0, 0.05) is 18.6 Å². The van der Waals surface area contributed by atoms with Crippen molar-refractivity contribution in [3.63, 3.8) is 0 Å². The van der Waals surface area contributed by atoms with Crippen molar-refractivity contribution in [2.75, 3.05) is 20.2 Å². The lowest BCUT2D eigenvalue weighted by Gasteiger charge is -2.37. The van der Waals surface area contributed by atoms with Crippen LogP contribution in [0.5, 0.6) is 5.75 Å². The molecule has 1 fully saturated rings. The predicted octanol–water partition coefficient (Wildman–Crippen LogP) is 3.13. The van der Waals surface area contributed by atoms with Crippen LogP contribution in [0.15, 0.2) is 18.2 Å². The van der Waals surface area contributed by atoms with Gasteiger partial charge in [0.1, 0.15) is 5.75 Å².